The molecule has 0 spiro atoms. The number of anilines is 1. The van der Waals surface area contributed by atoms with Crippen LogP contribution < -0.4 is 4.90 Å². The summed E-state index contributed by atoms with van der Waals surface area (Å²) in [5.74, 6) is 0.530. The highest BCUT2D eigenvalue weighted by atomic mass is 79.9. The quantitative estimate of drug-likeness (QED) is 0.698. The van der Waals surface area contributed by atoms with Crippen LogP contribution in [0.1, 0.15) is 16.7 Å². The summed E-state index contributed by atoms with van der Waals surface area (Å²) in [7, 11) is 2.10. The molecule has 0 bridgehead atoms. The van der Waals surface area contributed by atoms with Gasteiger partial charge in [0.25, 0.3) is 0 Å². The van der Waals surface area contributed by atoms with Crippen molar-refractivity contribution in [2.45, 2.75) is 19.3 Å². The molecule has 1 nitrogen and oxygen atoms in total. The Morgan fingerprint density at radius 1 is 1.16 bits per heavy atom. The van der Waals surface area contributed by atoms with E-state index in [0.29, 0.717) is 5.88 Å². The molecule has 2 rings (SSSR count). The molecule has 0 aliphatic heterocycles. The van der Waals surface area contributed by atoms with Crippen molar-refractivity contribution in [2.24, 2.45) is 0 Å². The van der Waals surface area contributed by atoms with E-state index in [9.17, 15) is 0 Å². The number of hydrogen-bond donors (Lipinski definition) is 0. The van der Waals surface area contributed by atoms with E-state index in [1.165, 1.54) is 16.8 Å². The number of hydrogen-bond acceptors (Lipinski definition) is 1. The van der Waals surface area contributed by atoms with E-state index < -0.39 is 0 Å². The van der Waals surface area contributed by atoms with Crippen molar-refractivity contribution in [3.63, 3.8) is 0 Å². The van der Waals surface area contributed by atoms with Gasteiger partial charge in [0.1, 0.15) is 0 Å². The molecule has 2 aromatic rings. The summed E-state index contributed by atoms with van der Waals surface area (Å²) in [4.78, 5) is 2.23. The van der Waals surface area contributed by atoms with Gasteiger partial charge < -0.3 is 4.90 Å². The van der Waals surface area contributed by atoms with Crippen LogP contribution in [0.4, 0.5) is 5.69 Å². The first-order chi connectivity index (χ1) is 9.10. The summed E-state index contributed by atoms with van der Waals surface area (Å²) in [6.07, 6.45) is 0. The van der Waals surface area contributed by atoms with Gasteiger partial charge in [-0.15, -0.1) is 11.6 Å². The molecule has 0 fully saturated rings. The Morgan fingerprint density at radius 2 is 1.95 bits per heavy atom. The van der Waals surface area contributed by atoms with Crippen LogP contribution in [-0.4, -0.2) is 7.05 Å². The first-order valence-electron chi connectivity index (χ1n) is 6.21. The maximum atomic E-state index is 5.87. The van der Waals surface area contributed by atoms with Gasteiger partial charge in [-0.3, -0.25) is 0 Å². The van der Waals surface area contributed by atoms with Crippen LogP contribution in [0.3, 0.4) is 0 Å². The summed E-state index contributed by atoms with van der Waals surface area (Å²) in [5.41, 5.74) is 4.92. The van der Waals surface area contributed by atoms with Crippen LogP contribution in [0, 0.1) is 6.92 Å². The average Bonchev–Trinajstić information content (AvgIpc) is 2.38. The van der Waals surface area contributed by atoms with E-state index in [0.717, 1.165) is 16.6 Å². The van der Waals surface area contributed by atoms with Crippen LogP contribution in [0.2, 0.25) is 0 Å². The SMILES string of the molecule is Cc1cccc(CN(C)c2ccc(CCl)c(Br)c2)c1. The summed E-state index contributed by atoms with van der Waals surface area (Å²) in [6, 6.07) is 14.9. The molecule has 3 heteroatoms. The smallest absolute Gasteiger partial charge is 0.0485 e. The van der Waals surface area contributed by atoms with Crippen LogP contribution in [0.25, 0.3) is 0 Å². The minimum Gasteiger partial charge on any atom is -0.370 e. The molecule has 0 heterocycles. The second-order valence-corrected chi connectivity index (χ2v) is 5.88. The summed E-state index contributed by atoms with van der Waals surface area (Å²) in [5, 5.41) is 0. The Labute approximate surface area is 128 Å². The van der Waals surface area contributed by atoms with Gasteiger partial charge in [-0.1, -0.05) is 51.8 Å². The normalized spacial score (nSPS) is 10.5. The van der Waals surface area contributed by atoms with Crippen LogP contribution in [0.15, 0.2) is 46.9 Å². The standard InChI is InChI=1S/C16H17BrClN/c1-12-4-3-5-13(8-12)11-19(2)15-7-6-14(10-18)16(17)9-15/h3-9H,10-11H2,1-2H3. The molecule has 0 aromatic heterocycles. The zero-order chi connectivity index (χ0) is 13.8. The van der Waals surface area contributed by atoms with E-state index in [-0.39, 0.29) is 0 Å². The minimum atomic E-state index is 0.530. The van der Waals surface area contributed by atoms with Crippen molar-refractivity contribution in [3.8, 4) is 0 Å². The van der Waals surface area contributed by atoms with Crippen LogP contribution >= 0.6 is 27.5 Å². The molecule has 0 saturated heterocycles. The Bertz CT molecular complexity index is 568. The van der Waals surface area contributed by atoms with E-state index in [2.05, 4.69) is 77.3 Å². The largest absolute Gasteiger partial charge is 0.370 e. The molecule has 0 N–H and O–H groups in total. The fourth-order valence-corrected chi connectivity index (χ4v) is 2.96. The van der Waals surface area contributed by atoms with E-state index in [1.807, 2.05) is 0 Å². The molecule has 0 radical (unpaired) electrons. The van der Waals surface area contributed by atoms with Gasteiger partial charge >= 0.3 is 0 Å². The molecule has 19 heavy (non-hydrogen) atoms. The highest BCUT2D eigenvalue weighted by Crippen LogP contribution is 2.25. The highest BCUT2D eigenvalue weighted by molar-refractivity contribution is 9.10. The van der Waals surface area contributed by atoms with Gasteiger partial charge in [0.2, 0.25) is 0 Å². The van der Waals surface area contributed by atoms with Crippen LogP contribution in [-0.2, 0) is 12.4 Å². The third-order valence-electron chi connectivity index (χ3n) is 3.12. The molecular formula is C16H17BrClN. The molecule has 0 aliphatic rings. The number of halogens is 2. The number of benzene rings is 2. The van der Waals surface area contributed by atoms with Crippen molar-refractivity contribution < 1.29 is 0 Å². The van der Waals surface area contributed by atoms with E-state index in [1.54, 1.807) is 0 Å². The number of rotatable bonds is 4. The Kier molecular flexibility index (Phi) is 4.89. The average molecular weight is 339 g/mol. The third kappa shape index (κ3) is 3.74. The fourth-order valence-electron chi connectivity index (χ4n) is 2.06. The molecular weight excluding hydrogens is 322 g/mol. The van der Waals surface area contributed by atoms with Gasteiger partial charge in [0.15, 0.2) is 0 Å². The van der Waals surface area contributed by atoms with Gasteiger partial charge in [-0.25, -0.2) is 0 Å². The second kappa shape index (κ2) is 6.44. The summed E-state index contributed by atoms with van der Waals surface area (Å²) in [6.45, 7) is 3.02. The topological polar surface area (TPSA) is 3.24 Å². The van der Waals surface area contributed by atoms with Crippen molar-refractivity contribution in [1.29, 1.82) is 0 Å². The van der Waals surface area contributed by atoms with Gasteiger partial charge in [-0.2, -0.15) is 0 Å². The molecule has 2 aromatic carbocycles. The molecule has 0 aliphatic carbocycles. The van der Waals surface area contributed by atoms with Gasteiger partial charge in [0.05, 0.1) is 0 Å². The first kappa shape index (κ1) is 14.4. The molecule has 0 saturated carbocycles. The lowest BCUT2D eigenvalue weighted by Gasteiger charge is -2.20. The molecule has 0 atom stereocenters. The maximum absolute atomic E-state index is 5.87. The first-order valence-corrected chi connectivity index (χ1v) is 7.54. The lowest BCUT2D eigenvalue weighted by molar-refractivity contribution is 0.920. The van der Waals surface area contributed by atoms with Crippen molar-refractivity contribution in [2.75, 3.05) is 11.9 Å². The van der Waals surface area contributed by atoms with Crippen LogP contribution in [0.5, 0.6) is 0 Å². The highest BCUT2D eigenvalue weighted by Gasteiger charge is 2.05. The number of aryl methyl sites for hydroxylation is 1. The Hall–Kier alpha value is -0.990. The van der Waals surface area contributed by atoms with Gasteiger partial charge in [-0.05, 0) is 30.2 Å². The lowest BCUT2D eigenvalue weighted by atomic mass is 10.1. The monoisotopic (exact) mass is 337 g/mol. The number of alkyl halides is 1. The predicted octanol–water partition coefficient (Wildman–Crippen LogP) is 5.13. The molecule has 0 unspecified atom stereocenters. The predicted molar refractivity (Wildman–Crippen MR) is 87.0 cm³/mol. The lowest BCUT2D eigenvalue weighted by Crippen LogP contribution is -2.16. The zero-order valence-corrected chi connectivity index (χ0v) is 13.5. The van der Waals surface area contributed by atoms with Crippen molar-refractivity contribution in [3.05, 3.63) is 63.6 Å². The van der Waals surface area contributed by atoms with Gasteiger partial charge in [0, 0.05) is 29.6 Å². The minimum absolute atomic E-state index is 0.530. The fraction of sp³-hybridized carbons (Fsp3) is 0.250. The Balaban J connectivity index is 2.15. The second-order valence-electron chi connectivity index (χ2n) is 4.75. The Morgan fingerprint density at radius 3 is 2.58 bits per heavy atom. The maximum Gasteiger partial charge on any atom is 0.0485 e. The zero-order valence-electron chi connectivity index (χ0n) is 11.2. The molecule has 100 valence electrons. The number of nitrogens with zero attached hydrogens (tertiary/aromatic N) is 1. The van der Waals surface area contributed by atoms with E-state index >= 15 is 0 Å². The van der Waals surface area contributed by atoms with Crippen molar-refractivity contribution in [1.82, 2.24) is 0 Å². The van der Waals surface area contributed by atoms with E-state index in [4.69, 9.17) is 11.6 Å². The van der Waals surface area contributed by atoms with Crippen molar-refractivity contribution >= 4 is 33.2 Å². The summed E-state index contributed by atoms with van der Waals surface area (Å²) >= 11 is 9.43. The summed E-state index contributed by atoms with van der Waals surface area (Å²) < 4.78 is 1.07. The third-order valence-corrected chi connectivity index (χ3v) is 4.15. The molecule has 0 amide bonds.